The Balaban J connectivity index is 2.15. The molecular formula is C11H16N6. The Morgan fingerprint density at radius 2 is 2.00 bits per heavy atom. The summed E-state index contributed by atoms with van der Waals surface area (Å²) in [6, 6.07) is 1.96. The Morgan fingerprint density at radius 1 is 1.24 bits per heavy atom. The highest BCUT2D eigenvalue weighted by atomic mass is 15.3. The minimum absolute atomic E-state index is 0.682. The molecule has 0 radical (unpaired) electrons. The van der Waals surface area contributed by atoms with Crippen LogP contribution in [0.1, 0.15) is 12.6 Å². The van der Waals surface area contributed by atoms with E-state index >= 15 is 0 Å². The van der Waals surface area contributed by atoms with E-state index in [1.54, 1.807) is 12.4 Å². The van der Waals surface area contributed by atoms with Gasteiger partial charge in [0, 0.05) is 25.4 Å². The average Bonchev–Trinajstić information content (AvgIpc) is 2.59. The average molecular weight is 232 g/mol. The largest absolute Gasteiger partial charge is 0.369 e. The van der Waals surface area contributed by atoms with Crippen LogP contribution < -0.4 is 10.6 Å². The number of nitrogens with one attached hydrogen (secondary N) is 2. The molecule has 0 fully saturated rings. The van der Waals surface area contributed by atoms with Gasteiger partial charge < -0.3 is 10.6 Å². The van der Waals surface area contributed by atoms with Gasteiger partial charge in [-0.1, -0.05) is 0 Å². The zero-order valence-corrected chi connectivity index (χ0v) is 10.2. The first kappa shape index (κ1) is 11.4. The van der Waals surface area contributed by atoms with E-state index in [-0.39, 0.29) is 0 Å². The predicted octanol–water partition coefficient (Wildman–Crippen LogP) is 1.69. The maximum atomic E-state index is 4.36. The summed E-state index contributed by atoms with van der Waals surface area (Å²) in [6.45, 7) is 4.84. The van der Waals surface area contributed by atoms with Crippen LogP contribution in [-0.2, 0) is 7.05 Å². The second kappa shape index (κ2) is 4.82. The molecule has 0 amide bonds. The smallest absolute Gasteiger partial charge is 0.153 e. The molecule has 2 aromatic rings. The lowest BCUT2D eigenvalue weighted by atomic mass is 10.4. The van der Waals surface area contributed by atoms with E-state index in [1.165, 1.54) is 0 Å². The van der Waals surface area contributed by atoms with E-state index in [9.17, 15) is 0 Å². The molecule has 2 heterocycles. The third-order valence-corrected chi connectivity index (χ3v) is 2.36. The van der Waals surface area contributed by atoms with Gasteiger partial charge in [0.05, 0.1) is 12.4 Å². The zero-order chi connectivity index (χ0) is 12.3. The summed E-state index contributed by atoms with van der Waals surface area (Å²) in [6.07, 6.45) is 3.36. The van der Waals surface area contributed by atoms with Gasteiger partial charge in [-0.05, 0) is 13.8 Å². The first-order chi connectivity index (χ1) is 8.19. The Morgan fingerprint density at radius 3 is 2.65 bits per heavy atom. The fourth-order valence-electron chi connectivity index (χ4n) is 1.45. The summed E-state index contributed by atoms with van der Waals surface area (Å²) in [5, 5.41) is 10.5. The third-order valence-electron chi connectivity index (χ3n) is 2.36. The fourth-order valence-corrected chi connectivity index (χ4v) is 1.45. The van der Waals surface area contributed by atoms with Crippen molar-refractivity contribution in [2.24, 2.45) is 7.05 Å². The Labute approximate surface area is 100 Å². The summed E-state index contributed by atoms with van der Waals surface area (Å²) >= 11 is 0. The van der Waals surface area contributed by atoms with Crippen LogP contribution in [-0.4, -0.2) is 26.3 Å². The fraction of sp³-hybridized carbons (Fsp3) is 0.364. The van der Waals surface area contributed by atoms with Gasteiger partial charge in [0.15, 0.2) is 11.6 Å². The van der Waals surface area contributed by atoms with Gasteiger partial charge in [-0.3, -0.25) is 9.67 Å². The van der Waals surface area contributed by atoms with E-state index in [2.05, 4.69) is 25.7 Å². The second-order valence-electron chi connectivity index (χ2n) is 3.74. The van der Waals surface area contributed by atoms with Crippen LogP contribution in [0.3, 0.4) is 0 Å². The normalized spacial score (nSPS) is 10.3. The van der Waals surface area contributed by atoms with E-state index in [4.69, 9.17) is 0 Å². The highest BCUT2D eigenvalue weighted by Crippen LogP contribution is 2.14. The number of rotatable bonds is 4. The molecule has 0 saturated heterocycles. The van der Waals surface area contributed by atoms with Crippen LogP contribution >= 0.6 is 0 Å². The highest BCUT2D eigenvalue weighted by Gasteiger charge is 2.03. The molecule has 0 aromatic carbocycles. The molecule has 0 spiro atoms. The molecule has 2 rings (SSSR count). The lowest BCUT2D eigenvalue weighted by Crippen LogP contribution is -2.02. The third kappa shape index (κ3) is 2.72. The number of anilines is 3. The Kier molecular flexibility index (Phi) is 3.22. The minimum Gasteiger partial charge on any atom is -0.369 e. The molecule has 0 atom stereocenters. The number of aryl methyl sites for hydroxylation is 2. The van der Waals surface area contributed by atoms with Crippen molar-refractivity contribution < 1.29 is 0 Å². The molecule has 6 heteroatoms. The lowest BCUT2D eigenvalue weighted by molar-refractivity contribution is 0.743. The number of hydrogen-bond acceptors (Lipinski definition) is 5. The predicted molar refractivity (Wildman–Crippen MR) is 67.4 cm³/mol. The standard InChI is InChI=1S/C11H16N6/c1-4-13-10-6-12-7-11(15-10)14-9-5-8(2)17(3)16-9/h5-7H,4H2,1-3H3,(H2,13,14,15,16). The van der Waals surface area contributed by atoms with E-state index in [1.807, 2.05) is 31.6 Å². The molecule has 2 N–H and O–H groups in total. The van der Waals surface area contributed by atoms with Crippen LogP contribution in [0.2, 0.25) is 0 Å². The molecule has 0 saturated carbocycles. The summed E-state index contributed by atoms with van der Waals surface area (Å²) < 4.78 is 1.81. The van der Waals surface area contributed by atoms with Crippen LogP contribution in [0.25, 0.3) is 0 Å². The van der Waals surface area contributed by atoms with Gasteiger partial charge in [-0.15, -0.1) is 0 Å². The van der Waals surface area contributed by atoms with Gasteiger partial charge in [-0.25, -0.2) is 4.98 Å². The maximum absolute atomic E-state index is 4.36. The van der Waals surface area contributed by atoms with E-state index in [0.717, 1.165) is 23.9 Å². The summed E-state index contributed by atoms with van der Waals surface area (Å²) in [4.78, 5) is 8.47. The zero-order valence-electron chi connectivity index (χ0n) is 10.2. The van der Waals surface area contributed by atoms with Crippen LogP contribution in [0.15, 0.2) is 18.5 Å². The highest BCUT2D eigenvalue weighted by molar-refractivity contribution is 5.53. The monoisotopic (exact) mass is 232 g/mol. The van der Waals surface area contributed by atoms with Crippen LogP contribution in [0.4, 0.5) is 17.5 Å². The van der Waals surface area contributed by atoms with Gasteiger partial charge in [0.1, 0.15) is 5.82 Å². The van der Waals surface area contributed by atoms with Crippen LogP contribution in [0, 0.1) is 6.92 Å². The van der Waals surface area contributed by atoms with E-state index in [0.29, 0.717) is 5.82 Å². The number of nitrogens with zero attached hydrogens (tertiary/aromatic N) is 4. The van der Waals surface area contributed by atoms with E-state index < -0.39 is 0 Å². The topological polar surface area (TPSA) is 67.7 Å². The van der Waals surface area contributed by atoms with Gasteiger partial charge in [0.2, 0.25) is 0 Å². The first-order valence-corrected chi connectivity index (χ1v) is 5.52. The number of aromatic nitrogens is 4. The van der Waals surface area contributed by atoms with Crippen molar-refractivity contribution in [2.75, 3.05) is 17.2 Å². The molecule has 17 heavy (non-hydrogen) atoms. The molecule has 0 aliphatic carbocycles. The van der Waals surface area contributed by atoms with Crippen molar-refractivity contribution in [1.82, 2.24) is 19.7 Å². The maximum Gasteiger partial charge on any atom is 0.153 e. The summed E-state index contributed by atoms with van der Waals surface area (Å²) in [5.41, 5.74) is 1.09. The van der Waals surface area contributed by atoms with Gasteiger partial charge >= 0.3 is 0 Å². The molecule has 2 aromatic heterocycles. The Bertz CT molecular complexity index is 485. The second-order valence-corrected chi connectivity index (χ2v) is 3.74. The molecule has 0 unspecified atom stereocenters. The SMILES string of the molecule is CCNc1cncc(Nc2cc(C)n(C)n2)n1. The van der Waals surface area contributed by atoms with Gasteiger partial charge in [-0.2, -0.15) is 5.10 Å². The van der Waals surface area contributed by atoms with Crippen molar-refractivity contribution in [3.8, 4) is 0 Å². The van der Waals surface area contributed by atoms with Crippen molar-refractivity contribution >= 4 is 17.5 Å². The molecule has 0 aliphatic heterocycles. The first-order valence-electron chi connectivity index (χ1n) is 5.52. The molecule has 0 aliphatic rings. The number of hydrogen-bond donors (Lipinski definition) is 2. The van der Waals surface area contributed by atoms with Crippen molar-refractivity contribution in [3.05, 3.63) is 24.2 Å². The molecule has 6 nitrogen and oxygen atoms in total. The lowest BCUT2D eigenvalue weighted by Gasteiger charge is -2.04. The van der Waals surface area contributed by atoms with Gasteiger partial charge in [0.25, 0.3) is 0 Å². The van der Waals surface area contributed by atoms with Crippen molar-refractivity contribution in [2.45, 2.75) is 13.8 Å². The molecular weight excluding hydrogens is 216 g/mol. The van der Waals surface area contributed by atoms with Crippen molar-refractivity contribution in [3.63, 3.8) is 0 Å². The van der Waals surface area contributed by atoms with Crippen molar-refractivity contribution in [1.29, 1.82) is 0 Å². The van der Waals surface area contributed by atoms with Crippen LogP contribution in [0.5, 0.6) is 0 Å². The summed E-state index contributed by atoms with van der Waals surface area (Å²) in [7, 11) is 1.90. The molecule has 90 valence electrons. The minimum atomic E-state index is 0.682. The summed E-state index contributed by atoms with van der Waals surface area (Å²) in [5.74, 6) is 2.21. The quantitative estimate of drug-likeness (QED) is 0.839. The molecule has 0 bridgehead atoms. The Hall–Kier alpha value is -2.11.